The molecule has 0 unspecified atom stereocenters. The van der Waals surface area contributed by atoms with Crippen molar-refractivity contribution in [3.05, 3.63) is 52.7 Å². The number of rotatable bonds is 10. The van der Waals surface area contributed by atoms with E-state index in [0.717, 1.165) is 43.4 Å². The Morgan fingerprint density at radius 3 is 2.28 bits per heavy atom. The molecule has 1 aromatic carbocycles. The van der Waals surface area contributed by atoms with Gasteiger partial charge in [-0.3, -0.25) is 4.79 Å². The lowest BCUT2D eigenvalue weighted by molar-refractivity contribution is -0.137. The smallest absolute Gasteiger partial charge is 0.382 e. The summed E-state index contributed by atoms with van der Waals surface area (Å²) in [6.45, 7) is 4.70. The number of nitrogens with one attached hydrogen (secondary N) is 1. The second kappa shape index (κ2) is 10.7. The summed E-state index contributed by atoms with van der Waals surface area (Å²) in [6.07, 6.45) is 5.64. The van der Waals surface area contributed by atoms with Gasteiger partial charge in [-0.25, -0.2) is 0 Å². The number of carbonyl (C=O) groups is 1. The summed E-state index contributed by atoms with van der Waals surface area (Å²) in [5, 5.41) is 3.12. The molecule has 0 aliphatic heterocycles. The Bertz CT molecular complexity index is 586. The highest BCUT2D eigenvalue weighted by atomic mass is 19.4. The fourth-order valence-corrected chi connectivity index (χ4v) is 2.32. The Morgan fingerprint density at radius 2 is 1.72 bits per heavy atom. The van der Waals surface area contributed by atoms with E-state index in [4.69, 9.17) is 0 Å². The molecule has 0 bridgehead atoms. The topological polar surface area (TPSA) is 29.1 Å². The van der Waals surface area contributed by atoms with Crippen molar-refractivity contribution in [2.45, 2.75) is 52.1 Å². The number of allylic oxidation sites excluding steroid dienone is 3. The Hall–Kier alpha value is -2.04. The Morgan fingerprint density at radius 1 is 1.08 bits per heavy atom. The van der Waals surface area contributed by atoms with Gasteiger partial charge in [-0.2, -0.15) is 13.2 Å². The number of hydrogen-bond acceptors (Lipinski definition) is 2. The minimum Gasteiger partial charge on any atom is -0.382 e. The molecule has 0 radical (unpaired) electrons. The molecule has 2 nitrogen and oxygen atoms in total. The quantitative estimate of drug-likeness (QED) is 0.251. The molecule has 0 atom stereocenters. The van der Waals surface area contributed by atoms with E-state index in [9.17, 15) is 18.0 Å². The van der Waals surface area contributed by atoms with Gasteiger partial charge >= 0.3 is 6.18 Å². The molecule has 0 heterocycles. The Labute approximate surface area is 147 Å². The van der Waals surface area contributed by atoms with Crippen LogP contribution in [0.2, 0.25) is 0 Å². The molecular formula is C20H26F3NO. The van der Waals surface area contributed by atoms with Crippen LogP contribution in [0, 0.1) is 0 Å². The number of hydrogen-bond donors (Lipinski definition) is 1. The normalized spacial score (nSPS) is 13.0. The molecule has 0 fully saturated rings. The lowest BCUT2D eigenvalue weighted by atomic mass is 10.1. The third-order valence-corrected chi connectivity index (χ3v) is 3.90. The van der Waals surface area contributed by atoms with Crippen molar-refractivity contribution in [2.24, 2.45) is 0 Å². The predicted octanol–water partition coefficient (Wildman–Crippen LogP) is 5.75. The van der Waals surface area contributed by atoms with Crippen molar-refractivity contribution in [2.75, 3.05) is 6.54 Å². The van der Waals surface area contributed by atoms with E-state index >= 15 is 0 Å². The van der Waals surface area contributed by atoms with Crippen molar-refractivity contribution < 1.29 is 18.0 Å². The molecule has 0 saturated heterocycles. The monoisotopic (exact) mass is 353 g/mol. The van der Waals surface area contributed by atoms with Gasteiger partial charge in [-0.1, -0.05) is 56.9 Å². The third kappa shape index (κ3) is 8.05. The van der Waals surface area contributed by atoms with Gasteiger partial charge in [0.2, 0.25) is 0 Å². The number of carbonyl (C=O) groups excluding carboxylic acids is 1. The molecule has 0 aliphatic rings. The second-order valence-corrected chi connectivity index (χ2v) is 6.01. The van der Waals surface area contributed by atoms with Gasteiger partial charge in [-0.05, 0) is 36.6 Å². The fourth-order valence-electron chi connectivity index (χ4n) is 2.32. The van der Waals surface area contributed by atoms with Crippen LogP contribution in [0.15, 0.2) is 41.6 Å². The average molecular weight is 353 g/mol. The highest BCUT2D eigenvalue weighted by Gasteiger charge is 2.29. The third-order valence-electron chi connectivity index (χ3n) is 3.90. The van der Waals surface area contributed by atoms with Crippen LogP contribution in [0.3, 0.4) is 0 Å². The molecule has 5 heteroatoms. The van der Waals surface area contributed by atoms with Crippen LogP contribution in [0.25, 0.3) is 6.08 Å². The second-order valence-electron chi connectivity index (χ2n) is 6.01. The predicted molar refractivity (Wildman–Crippen MR) is 96.0 cm³/mol. The van der Waals surface area contributed by atoms with E-state index in [2.05, 4.69) is 12.2 Å². The molecule has 1 aromatic rings. The van der Waals surface area contributed by atoms with E-state index in [1.807, 2.05) is 0 Å². The Balaban J connectivity index is 2.60. The van der Waals surface area contributed by atoms with E-state index in [-0.39, 0.29) is 0 Å². The molecule has 0 aliphatic carbocycles. The number of alkyl halides is 3. The molecule has 0 aromatic heterocycles. The average Bonchev–Trinajstić information content (AvgIpc) is 2.58. The minimum atomic E-state index is -4.33. The largest absolute Gasteiger partial charge is 0.416 e. The lowest BCUT2D eigenvalue weighted by Gasteiger charge is -2.08. The van der Waals surface area contributed by atoms with Crippen LogP contribution in [0.5, 0.6) is 0 Å². The summed E-state index contributed by atoms with van der Waals surface area (Å²) in [5.41, 5.74) is 1.24. The molecule has 138 valence electrons. The maximum atomic E-state index is 12.5. The van der Waals surface area contributed by atoms with Crippen LogP contribution >= 0.6 is 0 Å². The van der Waals surface area contributed by atoms with Crippen LogP contribution in [-0.2, 0) is 11.0 Å². The molecule has 0 spiro atoms. The zero-order valence-electron chi connectivity index (χ0n) is 14.8. The van der Waals surface area contributed by atoms with Gasteiger partial charge in [0.05, 0.1) is 11.3 Å². The lowest BCUT2D eigenvalue weighted by Crippen LogP contribution is -2.17. The van der Waals surface area contributed by atoms with Crippen molar-refractivity contribution in [3.63, 3.8) is 0 Å². The van der Waals surface area contributed by atoms with Gasteiger partial charge in [0.15, 0.2) is 6.29 Å². The highest BCUT2D eigenvalue weighted by Crippen LogP contribution is 2.29. The molecule has 0 amide bonds. The standard InChI is InChI=1S/C20H26F3NO/c1-3-4-5-6-7-14-24-19(15-25)16(2)8-9-17-10-12-18(13-11-17)20(21,22)23/h8-13,15,24H,3-7,14H2,1-2H3/b9-8+,19-16+. The van der Waals surface area contributed by atoms with Crippen LogP contribution in [-0.4, -0.2) is 12.8 Å². The van der Waals surface area contributed by atoms with Crippen molar-refractivity contribution in [3.8, 4) is 0 Å². The highest BCUT2D eigenvalue weighted by molar-refractivity contribution is 5.75. The molecular weight excluding hydrogens is 327 g/mol. The summed E-state index contributed by atoms with van der Waals surface area (Å²) in [6, 6.07) is 4.92. The van der Waals surface area contributed by atoms with Gasteiger partial charge in [0.1, 0.15) is 0 Å². The van der Waals surface area contributed by atoms with Gasteiger partial charge in [0, 0.05) is 6.54 Å². The molecule has 1 rings (SSSR count). The Kier molecular flexibility index (Phi) is 9.03. The van der Waals surface area contributed by atoms with Gasteiger partial charge in [-0.15, -0.1) is 0 Å². The van der Waals surface area contributed by atoms with Gasteiger partial charge in [0.25, 0.3) is 0 Å². The van der Waals surface area contributed by atoms with Gasteiger partial charge < -0.3 is 5.32 Å². The SMILES string of the molecule is CCCCCCCN/C(C=O)=C(C)/C=C/c1ccc(C(F)(F)F)cc1. The first kappa shape index (κ1) is 21.0. The zero-order chi connectivity index (χ0) is 18.7. The molecule has 0 saturated carbocycles. The summed E-state index contributed by atoms with van der Waals surface area (Å²) in [4.78, 5) is 11.2. The van der Waals surface area contributed by atoms with Crippen LogP contribution in [0.4, 0.5) is 13.2 Å². The van der Waals surface area contributed by atoms with Crippen LogP contribution in [0.1, 0.15) is 57.1 Å². The molecule has 1 N–H and O–H groups in total. The number of halogens is 3. The molecule has 25 heavy (non-hydrogen) atoms. The van der Waals surface area contributed by atoms with E-state index in [1.54, 1.807) is 19.1 Å². The number of aldehydes is 1. The number of benzene rings is 1. The van der Waals surface area contributed by atoms with Crippen molar-refractivity contribution >= 4 is 12.4 Å². The summed E-state index contributed by atoms with van der Waals surface area (Å²) in [7, 11) is 0. The first-order chi connectivity index (χ1) is 11.9. The van der Waals surface area contributed by atoms with E-state index in [1.165, 1.54) is 31.4 Å². The maximum Gasteiger partial charge on any atom is 0.416 e. The van der Waals surface area contributed by atoms with E-state index in [0.29, 0.717) is 11.3 Å². The first-order valence-corrected chi connectivity index (χ1v) is 8.63. The van der Waals surface area contributed by atoms with Crippen molar-refractivity contribution in [1.29, 1.82) is 0 Å². The van der Waals surface area contributed by atoms with Crippen molar-refractivity contribution in [1.82, 2.24) is 5.32 Å². The number of unbranched alkanes of at least 4 members (excludes halogenated alkanes) is 4. The van der Waals surface area contributed by atoms with Crippen LogP contribution < -0.4 is 5.32 Å². The minimum absolute atomic E-state index is 0.513. The maximum absolute atomic E-state index is 12.5. The summed E-state index contributed by atoms with van der Waals surface area (Å²) in [5.74, 6) is 0. The summed E-state index contributed by atoms with van der Waals surface area (Å²) < 4.78 is 37.6. The van der Waals surface area contributed by atoms with E-state index < -0.39 is 11.7 Å². The zero-order valence-corrected chi connectivity index (χ0v) is 14.8. The summed E-state index contributed by atoms with van der Waals surface area (Å²) >= 11 is 0. The fraction of sp³-hybridized carbons (Fsp3) is 0.450. The first-order valence-electron chi connectivity index (χ1n) is 8.63.